The van der Waals surface area contributed by atoms with Crippen LogP contribution >= 0.6 is 0 Å². The molecule has 0 bridgehead atoms. The molecule has 2 aromatic heterocycles. The van der Waals surface area contributed by atoms with Crippen molar-refractivity contribution in [2.75, 3.05) is 109 Å². The molecule has 2 heterocycles. The van der Waals surface area contributed by atoms with Gasteiger partial charge in [-0.1, -0.05) is 38.1 Å². The Bertz CT molecular complexity index is 3410. The summed E-state index contributed by atoms with van der Waals surface area (Å²) in [5, 5.41) is 30.0. The monoisotopic (exact) mass is 1180 g/mol. The number of quaternary nitrogens is 1. The Morgan fingerprint density at radius 3 is 1.40 bits per heavy atom. The van der Waals surface area contributed by atoms with Crippen LogP contribution in [0.1, 0.15) is 25.0 Å². The van der Waals surface area contributed by atoms with Crippen LogP contribution in [0.3, 0.4) is 0 Å². The number of aliphatic hydroxyl groups is 2. The number of aromatic nitrogens is 6. The highest BCUT2D eigenvalue weighted by Crippen LogP contribution is 2.30. The summed E-state index contributed by atoms with van der Waals surface area (Å²) in [6, 6.07) is 6.59. The summed E-state index contributed by atoms with van der Waals surface area (Å²) < 4.78 is 201. The Balaban J connectivity index is 1.77. The summed E-state index contributed by atoms with van der Waals surface area (Å²) in [5.74, 6) is -6.21. The van der Waals surface area contributed by atoms with Crippen LogP contribution in [0.4, 0.5) is 47.1 Å². The van der Waals surface area contributed by atoms with Gasteiger partial charge in [0.2, 0.25) is 29.7 Å². The first-order valence-electron chi connectivity index (χ1n) is 21.5. The van der Waals surface area contributed by atoms with Gasteiger partial charge in [0.05, 0.1) is 37.5 Å². The second-order valence-electron chi connectivity index (χ2n) is 16.9. The van der Waals surface area contributed by atoms with E-state index < -0.39 is 135 Å². The van der Waals surface area contributed by atoms with E-state index >= 15 is 0 Å². The molecule has 0 saturated heterocycles. The first-order chi connectivity index (χ1) is 34.4. The minimum Gasteiger partial charge on any atom is -0.396 e. The Labute approximate surface area is 431 Å². The number of nitrogens with zero attached hydrogens (tertiary/aromatic N) is 8. The van der Waals surface area contributed by atoms with Crippen LogP contribution in [-0.4, -0.2) is 200 Å². The molecule has 3 unspecified atom stereocenters. The molecule has 0 spiro atoms. The quantitative estimate of drug-likeness (QED) is 0.0179. The summed E-state index contributed by atoms with van der Waals surface area (Å²) in [7, 11) is -26.9. The molecule has 75 heavy (non-hydrogen) atoms. The first-order valence-corrected chi connectivity index (χ1v) is 30.8. The van der Waals surface area contributed by atoms with E-state index in [-0.39, 0.29) is 85.1 Å². The van der Waals surface area contributed by atoms with Gasteiger partial charge < -0.3 is 36.4 Å². The van der Waals surface area contributed by atoms with Crippen LogP contribution in [-0.2, 0) is 60.7 Å². The number of benzene rings is 2. The predicted molar refractivity (Wildman–Crippen MR) is 272 cm³/mol. The van der Waals surface area contributed by atoms with Gasteiger partial charge in [-0.15, -0.1) is 9.97 Å². The molecule has 418 valence electrons. The van der Waals surface area contributed by atoms with Gasteiger partial charge >= 0.3 is 5.95 Å². The Kier molecular flexibility index (Phi) is 20.8. The Hall–Kier alpha value is -5.46. The van der Waals surface area contributed by atoms with E-state index in [0.29, 0.717) is 0 Å². The van der Waals surface area contributed by atoms with Gasteiger partial charge in [-0.2, -0.15) is 70.4 Å². The molecule has 0 fully saturated rings. The average molecular weight is 1180 g/mol. The van der Waals surface area contributed by atoms with Crippen molar-refractivity contribution in [1.29, 1.82) is 0 Å². The number of nitrogens with one attached hydrogen (secondary N) is 4. The third-order valence-corrected chi connectivity index (χ3v) is 14.8. The zero-order valence-corrected chi connectivity index (χ0v) is 44.7. The smallest absolute Gasteiger partial charge is 0.335 e. The molecular formula is C37H55N12O20S6+. The van der Waals surface area contributed by atoms with Crippen LogP contribution < -0.4 is 30.7 Å². The lowest BCUT2D eigenvalue weighted by molar-refractivity contribution is 0.191. The molecule has 38 heteroatoms. The highest BCUT2D eigenvalue weighted by molar-refractivity contribution is 7.87. The first kappa shape index (κ1) is 62.1. The molecule has 0 saturated carbocycles. The molecule has 3 atom stereocenters. The highest BCUT2D eigenvalue weighted by Gasteiger charge is 2.34. The van der Waals surface area contributed by atoms with E-state index in [2.05, 4.69) is 51.2 Å². The molecule has 0 aliphatic heterocycles. The maximum Gasteiger partial charge on any atom is 0.335 e. The van der Waals surface area contributed by atoms with Crippen LogP contribution in [0.15, 0.2) is 46.2 Å². The van der Waals surface area contributed by atoms with Crippen LogP contribution in [0, 0.1) is 11.8 Å². The summed E-state index contributed by atoms with van der Waals surface area (Å²) >= 11 is 0. The summed E-state index contributed by atoms with van der Waals surface area (Å²) in [5.41, 5.74) is -0.791. The van der Waals surface area contributed by atoms with E-state index in [1.54, 1.807) is 13.8 Å². The number of aliphatic hydroxyl groups excluding tert-OH is 2. The van der Waals surface area contributed by atoms with Gasteiger partial charge in [0, 0.05) is 50.1 Å². The van der Waals surface area contributed by atoms with Crippen LogP contribution in [0.25, 0.3) is 12.2 Å². The third-order valence-electron chi connectivity index (χ3n) is 10.2. The zero-order valence-electron chi connectivity index (χ0n) is 39.8. The SMILES string of the molecule is CC(CO)CN(CCS(=O)(=O)O)c1nc(NCCS(=O)(=O)O)nc(Nc2ccc(C=Cc3ccc(Nc4nc(NCCS(=O)(=O)O)nc([N+](C)(CCS(=O)(=O)O)CC(C)CO)n4)cc3S(=O)(=O)O)c(S(=O)(=O)O)c2)n1. The zero-order chi connectivity index (χ0) is 56.4. The fourth-order valence-electron chi connectivity index (χ4n) is 6.62. The predicted octanol–water partition coefficient (Wildman–Crippen LogP) is -0.417. The molecule has 0 aliphatic rings. The van der Waals surface area contributed by atoms with Gasteiger partial charge in [-0.05, 0) is 41.3 Å². The van der Waals surface area contributed by atoms with Gasteiger partial charge in [0.25, 0.3) is 60.7 Å². The lowest BCUT2D eigenvalue weighted by Crippen LogP contribution is -2.52. The van der Waals surface area contributed by atoms with Crippen molar-refractivity contribution in [1.82, 2.24) is 34.4 Å². The van der Waals surface area contributed by atoms with Crippen molar-refractivity contribution in [3.05, 3.63) is 47.5 Å². The normalized spacial score (nSPS) is 14.5. The number of anilines is 7. The highest BCUT2D eigenvalue weighted by atomic mass is 32.2. The largest absolute Gasteiger partial charge is 0.396 e. The maximum absolute atomic E-state index is 12.8. The van der Waals surface area contributed by atoms with Crippen molar-refractivity contribution >= 4 is 120 Å². The van der Waals surface area contributed by atoms with Crippen molar-refractivity contribution in [3.63, 3.8) is 0 Å². The van der Waals surface area contributed by atoms with Crippen molar-refractivity contribution in [2.24, 2.45) is 11.8 Å². The lowest BCUT2D eigenvalue weighted by Gasteiger charge is -2.33. The maximum atomic E-state index is 12.8. The second-order valence-corrected chi connectivity index (χ2v) is 26.0. The van der Waals surface area contributed by atoms with Gasteiger partial charge in [0.1, 0.15) is 22.1 Å². The van der Waals surface area contributed by atoms with Gasteiger partial charge in [0.15, 0.2) is 0 Å². The number of hydrogen-bond donors (Lipinski definition) is 12. The fourth-order valence-corrected chi connectivity index (χ4v) is 9.84. The van der Waals surface area contributed by atoms with Crippen molar-refractivity contribution in [3.8, 4) is 0 Å². The van der Waals surface area contributed by atoms with E-state index in [1.807, 2.05) is 0 Å². The molecule has 32 nitrogen and oxygen atoms in total. The summed E-state index contributed by atoms with van der Waals surface area (Å²) in [4.78, 5) is 24.9. The van der Waals surface area contributed by atoms with Crippen molar-refractivity contribution < 1.29 is 88.0 Å². The summed E-state index contributed by atoms with van der Waals surface area (Å²) in [6.07, 6.45) is 2.11. The minimum absolute atomic E-state index is 0.0238. The fraction of sp³-hybridized carbons (Fsp3) is 0.459. The molecule has 0 aliphatic carbocycles. The summed E-state index contributed by atoms with van der Waals surface area (Å²) in [6.45, 7) is 0.635. The second kappa shape index (κ2) is 25.1. The topological polar surface area (TPSA) is 495 Å². The molecule has 12 N–H and O–H groups in total. The van der Waals surface area contributed by atoms with Crippen LogP contribution in [0.2, 0.25) is 0 Å². The van der Waals surface area contributed by atoms with Crippen LogP contribution in [0.5, 0.6) is 0 Å². The van der Waals surface area contributed by atoms with E-state index in [1.165, 1.54) is 24.1 Å². The van der Waals surface area contributed by atoms with E-state index in [0.717, 1.165) is 36.4 Å². The minimum atomic E-state index is -5.13. The average Bonchev–Trinajstić information content (AvgIpc) is 3.27. The Morgan fingerprint density at radius 2 is 0.973 bits per heavy atom. The molecule has 0 radical (unpaired) electrons. The van der Waals surface area contributed by atoms with E-state index in [4.69, 9.17) is 0 Å². The number of hydrogen-bond acceptors (Lipinski definition) is 25. The molecular weight excluding hydrogens is 1120 g/mol. The molecule has 2 aromatic carbocycles. The molecule has 4 aromatic rings. The molecule has 0 amide bonds. The lowest BCUT2D eigenvalue weighted by atomic mass is 10.1. The van der Waals surface area contributed by atoms with Gasteiger partial charge in [-0.3, -0.25) is 31.8 Å². The van der Waals surface area contributed by atoms with Gasteiger partial charge in [-0.25, -0.2) is 0 Å². The Morgan fingerprint density at radius 1 is 0.560 bits per heavy atom. The number of rotatable bonds is 30. The molecule has 4 rings (SSSR count). The van der Waals surface area contributed by atoms with Crippen molar-refractivity contribution in [2.45, 2.75) is 23.6 Å². The standard InChI is InChI=1S/C37H54N12O20S6/c1-24(22-50)20-48(12-16-72(58,59)60)36-44-32(38-10-14-70(52,53)54)42-34(45-36)40-28-8-6-26(30(18-28)74(64,65)66)4-5-27-7-9-29(19-31(27)75(67,68)69)41-35-43-33(39-11-15-71(55,56)57)46-37(47-35)49(3,21-25(2)23-51)13-17-73(61,62)63/h4-9,18-19,24-25,50-51H,10-17,20-23H2,1-3H3,(H9-,38,39,40,41,42,43,44,45,46,47,52,53,54,55,56,57,58,59,60,61,62,63,64,65,66,67,68,69)/p+1. The third kappa shape index (κ3) is 21.2. The van der Waals surface area contributed by atoms with E-state index in [9.17, 15) is 88.0 Å².